The van der Waals surface area contributed by atoms with Gasteiger partial charge in [0.15, 0.2) is 0 Å². The third-order valence-electron chi connectivity index (χ3n) is 4.52. The monoisotopic (exact) mass is 275 g/mol. The highest BCUT2D eigenvalue weighted by atomic mass is 15.2. The van der Waals surface area contributed by atoms with Crippen molar-refractivity contribution in [3.63, 3.8) is 0 Å². The summed E-state index contributed by atoms with van der Waals surface area (Å²) < 4.78 is 0. The number of nitrogens with zero attached hydrogens (tertiary/aromatic N) is 2. The molecule has 1 fully saturated rings. The third kappa shape index (κ3) is 3.53. The van der Waals surface area contributed by atoms with Crippen LogP contribution in [0.4, 0.5) is 5.69 Å². The number of rotatable bonds is 4. The lowest BCUT2D eigenvalue weighted by Crippen LogP contribution is -2.39. The third-order valence-corrected chi connectivity index (χ3v) is 4.52. The van der Waals surface area contributed by atoms with Crippen LogP contribution < -0.4 is 10.6 Å². The van der Waals surface area contributed by atoms with Crippen LogP contribution in [0, 0.1) is 0 Å². The molecule has 0 saturated carbocycles. The predicted octanol–water partition coefficient (Wildman–Crippen LogP) is 3.02. The molecule has 2 rings (SSSR count). The van der Waals surface area contributed by atoms with Crippen LogP contribution in [0.3, 0.4) is 0 Å². The zero-order valence-corrected chi connectivity index (χ0v) is 13.2. The summed E-state index contributed by atoms with van der Waals surface area (Å²) in [5.74, 6) is 0. The Morgan fingerprint density at radius 1 is 1.20 bits per heavy atom. The average Bonchev–Trinajstić information content (AvgIpc) is 2.66. The molecule has 1 aliphatic heterocycles. The van der Waals surface area contributed by atoms with Gasteiger partial charge < -0.3 is 10.6 Å². The van der Waals surface area contributed by atoms with Crippen LogP contribution >= 0.6 is 0 Å². The second kappa shape index (κ2) is 7.09. The molecule has 0 spiro atoms. The molecule has 2 unspecified atom stereocenters. The Morgan fingerprint density at radius 3 is 2.50 bits per heavy atom. The molecule has 1 saturated heterocycles. The van der Waals surface area contributed by atoms with Gasteiger partial charge in [-0.15, -0.1) is 0 Å². The van der Waals surface area contributed by atoms with Crippen molar-refractivity contribution in [2.75, 3.05) is 32.1 Å². The molecule has 2 N–H and O–H groups in total. The van der Waals surface area contributed by atoms with Crippen molar-refractivity contribution in [1.29, 1.82) is 0 Å². The van der Waals surface area contributed by atoms with Crippen LogP contribution in [-0.4, -0.2) is 38.1 Å². The second-order valence-electron chi connectivity index (χ2n) is 6.17. The van der Waals surface area contributed by atoms with E-state index in [9.17, 15) is 0 Å². The summed E-state index contributed by atoms with van der Waals surface area (Å²) in [5, 5.41) is 0. The normalized spacial score (nSPS) is 22.3. The highest BCUT2D eigenvalue weighted by Crippen LogP contribution is 2.28. The van der Waals surface area contributed by atoms with Crippen molar-refractivity contribution in [2.24, 2.45) is 5.73 Å². The Labute approximate surface area is 123 Å². The fourth-order valence-corrected chi connectivity index (χ4v) is 3.22. The van der Waals surface area contributed by atoms with Gasteiger partial charge in [-0.25, -0.2) is 0 Å². The van der Waals surface area contributed by atoms with Crippen molar-refractivity contribution in [3.8, 4) is 0 Å². The van der Waals surface area contributed by atoms with E-state index in [1.807, 2.05) is 0 Å². The Balaban J connectivity index is 2.17. The molecule has 1 aromatic carbocycles. The standard InChI is InChI=1S/C17H29N3/c1-14-7-5-4-6-12-20(14)17(13-18)15-8-10-16(11-9-15)19(2)3/h8-11,14,17H,4-7,12-13,18H2,1-3H3. The topological polar surface area (TPSA) is 32.5 Å². The number of anilines is 1. The van der Waals surface area contributed by atoms with E-state index in [1.54, 1.807) is 0 Å². The molecule has 20 heavy (non-hydrogen) atoms. The summed E-state index contributed by atoms with van der Waals surface area (Å²) in [6.45, 7) is 4.23. The summed E-state index contributed by atoms with van der Waals surface area (Å²) in [5.41, 5.74) is 8.69. The van der Waals surface area contributed by atoms with Gasteiger partial charge in [-0.3, -0.25) is 4.90 Å². The van der Waals surface area contributed by atoms with Gasteiger partial charge in [0, 0.05) is 38.4 Å². The molecular formula is C17H29N3. The Morgan fingerprint density at radius 2 is 1.90 bits per heavy atom. The molecule has 0 bridgehead atoms. The minimum Gasteiger partial charge on any atom is -0.378 e. The van der Waals surface area contributed by atoms with E-state index in [0.717, 1.165) is 0 Å². The Bertz CT molecular complexity index is 399. The average molecular weight is 275 g/mol. The van der Waals surface area contributed by atoms with E-state index >= 15 is 0 Å². The van der Waals surface area contributed by atoms with Gasteiger partial charge in [-0.1, -0.05) is 25.0 Å². The summed E-state index contributed by atoms with van der Waals surface area (Å²) in [6, 6.07) is 9.87. The summed E-state index contributed by atoms with van der Waals surface area (Å²) in [6.07, 6.45) is 5.31. The van der Waals surface area contributed by atoms with E-state index in [4.69, 9.17) is 5.73 Å². The fraction of sp³-hybridized carbons (Fsp3) is 0.647. The molecule has 112 valence electrons. The highest BCUT2D eigenvalue weighted by Gasteiger charge is 2.25. The van der Waals surface area contributed by atoms with Crippen molar-refractivity contribution in [3.05, 3.63) is 29.8 Å². The van der Waals surface area contributed by atoms with Crippen LogP contribution in [0.15, 0.2) is 24.3 Å². The van der Waals surface area contributed by atoms with E-state index < -0.39 is 0 Å². The molecule has 0 aliphatic carbocycles. The van der Waals surface area contributed by atoms with Crippen molar-refractivity contribution in [2.45, 2.75) is 44.7 Å². The second-order valence-corrected chi connectivity index (χ2v) is 6.17. The predicted molar refractivity (Wildman–Crippen MR) is 87.2 cm³/mol. The lowest BCUT2D eigenvalue weighted by Gasteiger charge is -2.35. The van der Waals surface area contributed by atoms with Crippen molar-refractivity contribution in [1.82, 2.24) is 4.90 Å². The molecule has 3 heteroatoms. The number of likely N-dealkylation sites (tertiary alicyclic amines) is 1. The number of nitrogens with two attached hydrogens (primary N) is 1. The number of benzene rings is 1. The molecule has 2 atom stereocenters. The highest BCUT2D eigenvalue weighted by molar-refractivity contribution is 5.46. The van der Waals surface area contributed by atoms with E-state index in [-0.39, 0.29) is 0 Å². The first-order valence-corrected chi connectivity index (χ1v) is 7.86. The van der Waals surface area contributed by atoms with Crippen LogP contribution in [0.25, 0.3) is 0 Å². The molecule has 0 aromatic heterocycles. The zero-order valence-electron chi connectivity index (χ0n) is 13.2. The minimum atomic E-state index is 0.360. The summed E-state index contributed by atoms with van der Waals surface area (Å²) in [4.78, 5) is 4.74. The minimum absolute atomic E-state index is 0.360. The van der Waals surface area contributed by atoms with E-state index in [1.165, 1.54) is 43.5 Å². The van der Waals surface area contributed by atoms with Gasteiger partial charge in [0.05, 0.1) is 0 Å². The maximum atomic E-state index is 6.09. The van der Waals surface area contributed by atoms with Crippen LogP contribution in [0.5, 0.6) is 0 Å². The first kappa shape index (κ1) is 15.3. The van der Waals surface area contributed by atoms with Gasteiger partial charge >= 0.3 is 0 Å². The Kier molecular flexibility index (Phi) is 5.44. The molecule has 1 aliphatic rings. The first-order valence-electron chi connectivity index (χ1n) is 7.86. The fourth-order valence-electron chi connectivity index (χ4n) is 3.22. The molecule has 1 heterocycles. The maximum absolute atomic E-state index is 6.09. The lowest BCUT2D eigenvalue weighted by molar-refractivity contribution is 0.151. The van der Waals surface area contributed by atoms with Gasteiger partial charge in [-0.2, -0.15) is 0 Å². The maximum Gasteiger partial charge on any atom is 0.0473 e. The van der Waals surface area contributed by atoms with Gasteiger partial charge in [-0.05, 0) is 44.0 Å². The number of hydrogen-bond donors (Lipinski definition) is 1. The smallest absolute Gasteiger partial charge is 0.0473 e. The quantitative estimate of drug-likeness (QED) is 0.917. The molecular weight excluding hydrogens is 246 g/mol. The SMILES string of the molecule is CC1CCCCCN1C(CN)c1ccc(N(C)C)cc1. The molecule has 0 radical (unpaired) electrons. The molecule has 1 aromatic rings. The van der Waals surface area contributed by atoms with Gasteiger partial charge in [0.25, 0.3) is 0 Å². The number of hydrogen-bond acceptors (Lipinski definition) is 3. The Hall–Kier alpha value is -1.06. The largest absolute Gasteiger partial charge is 0.378 e. The van der Waals surface area contributed by atoms with Crippen LogP contribution in [-0.2, 0) is 0 Å². The summed E-state index contributed by atoms with van der Waals surface area (Å²) in [7, 11) is 4.15. The first-order chi connectivity index (χ1) is 9.63. The van der Waals surface area contributed by atoms with Crippen molar-refractivity contribution < 1.29 is 0 Å². The van der Waals surface area contributed by atoms with Crippen molar-refractivity contribution >= 4 is 5.69 Å². The van der Waals surface area contributed by atoms with Gasteiger partial charge in [0.1, 0.15) is 0 Å². The van der Waals surface area contributed by atoms with E-state index in [2.05, 4.69) is 55.1 Å². The summed E-state index contributed by atoms with van der Waals surface area (Å²) >= 11 is 0. The lowest BCUT2D eigenvalue weighted by atomic mass is 10.0. The van der Waals surface area contributed by atoms with E-state index in [0.29, 0.717) is 18.6 Å². The van der Waals surface area contributed by atoms with Crippen LogP contribution in [0.2, 0.25) is 0 Å². The van der Waals surface area contributed by atoms with Crippen LogP contribution in [0.1, 0.15) is 44.2 Å². The van der Waals surface area contributed by atoms with Gasteiger partial charge in [0.2, 0.25) is 0 Å². The molecule has 0 amide bonds. The molecule has 3 nitrogen and oxygen atoms in total. The zero-order chi connectivity index (χ0) is 14.5.